The molecule has 0 N–H and O–H groups in total. The lowest BCUT2D eigenvalue weighted by atomic mass is 9.56. The largest absolute Gasteiger partial charge is 0.573 e. The van der Waals surface area contributed by atoms with Crippen LogP contribution >= 0.6 is 0 Å². The predicted molar refractivity (Wildman–Crippen MR) is 92.4 cm³/mol. The molecule has 0 amide bonds. The molecule has 2 aromatic rings. The van der Waals surface area contributed by atoms with Crippen molar-refractivity contribution in [2.45, 2.75) is 25.1 Å². The minimum atomic E-state index is -4.68. The Morgan fingerprint density at radius 3 is 2.30 bits per heavy atom. The maximum atomic E-state index is 13.8. The summed E-state index contributed by atoms with van der Waals surface area (Å²) in [6, 6.07) is 10.7. The predicted octanol–water partition coefficient (Wildman–Crippen LogP) is 5.66. The van der Waals surface area contributed by atoms with Crippen molar-refractivity contribution in [3.05, 3.63) is 65.3 Å². The summed E-state index contributed by atoms with van der Waals surface area (Å²) in [5.74, 6) is -0.404. The Hall–Kier alpha value is -2.75. The highest BCUT2D eigenvalue weighted by atomic mass is 19.4. The van der Waals surface area contributed by atoms with Gasteiger partial charge in [-0.15, -0.1) is 13.2 Å². The molecule has 1 saturated carbocycles. The average molecular weight is 376 g/mol. The third-order valence-electron chi connectivity index (χ3n) is 5.41. The summed E-state index contributed by atoms with van der Waals surface area (Å²) < 4.78 is 54.3. The molecule has 3 nitrogen and oxygen atoms in total. The maximum absolute atomic E-state index is 13.8. The van der Waals surface area contributed by atoms with Crippen LogP contribution in [0.25, 0.3) is 4.85 Å². The SMILES string of the molecule is [C-]#[N+]c1ccc(C2CC3(C2)CN(c2ccc(OC(F)(F)F)cc2)C3)cc1F. The molecule has 1 heterocycles. The van der Waals surface area contributed by atoms with Gasteiger partial charge in [0.2, 0.25) is 5.69 Å². The minimum absolute atomic E-state index is 0.0422. The fraction of sp³-hybridized carbons (Fsp3) is 0.350. The van der Waals surface area contributed by atoms with Crippen molar-refractivity contribution in [3.63, 3.8) is 0 Å². The van der Waals surface area contributed by atoms with Gasteiger partial charge in [0, 0.05) is 24.2 Å². The molecule has 140 valence electrons. The molecular formula is C20H16F4N2O. The van der Waals surface area contributed by atoms with E-state index in [0.717, 1.165) is 37.2 Å². The van der Waals surface area contributed by atoms with E-state index in [1.165, 1.54) is 24.3 Å². The van der Waals surface area contributed by atoms with E-state index in [1.807, 2.05) is 6.07 Å². The Labute approximate surface area is 154 Å². The molecule has 0 unspecified atom stereocenters. The van der Waals surface area contributed by atoms with Gasteiger partial charge >= 0.3 is 6.36 Å². The zero-order valence-electron chi connectivity index (χ0n) is 14.3. The second-order valence-corrected chi connectivity index (χ2v) is 7.33. The van der Waals surface area contributed by atoms with Crippen molar-refractivity contribution >= 4 is 11.4 Å². The Morgan fingerprint density at radius 2 is 1.74 bits per heavy atom. The van der Waals surface area contributed by atoms with E-state index in [4.69, 9.17) is 6.57 Å². The van der Waals surface area contributed by atoms with Crippen molar-refractivity contribution in [1.82, 2.24) is 0 Å². The molecule has 1 aliphatic carbocycles. The molecular weight excluding hydrogens is 360 g/mol. The molecule has 1 spiro atoms. The van der Waals surface area contributed by atoms with Crippen LogP contribution in [0.4, 0.5) is 28.9 Å². The second kappa shape index (κ2) is 6.15. The van der Waals surface area contributed by atoms with Crippen LogP contribution in [0.15, 0.2) is 42.5 Å². The third-order valence-corrected chi connectivity index (χ3v) is 5.41. The van der Waals surface area contributed by atoms with E-state index in [0.29, 0.717) is 5.92 Å². The number of nitrogens with zero attached hydrogens (tertiary/aromatic N) is 2. The summed E-state index contributed by atoms with van der Waals surface area (Å²) in [5, 5.41) is 0. The summed E-state index contributed by atoms with van der Waals surface area (Å²) in [6.45, 7) is 8.58. The van der Waals surface area contributed by atoms with Crippen molar-refractivity contribution in [2.24, 2.45) is 5.41 Å². The van der Waals surface area contributed by atoms with Crippen molar-refractivity contribution < 1.29 is 22.3 Å². The average Bonchev–Trinajstić information content (AvgIpc) is 2.52. The lowest BCUT2D eigenvalue weighted by Gasteiger charge is -2.60. The van der Waals surface area contributed by atoms with Gasteiger partial charge in [0.25, 0.3) is 0 Å². The van der Waals surface area contributed by atoms with Gasteiger partial charge in [-0.1, -0.05) is 12.1 Å². The lowest BCUT2D eigenvalue weighted by Crippen LogP contribution is -2.61. The van der Waals surface area contributed by atoms with E-state index in [9.17, 15) is 17.6 Å². The number of hydrogen-bond acceptors (Lipinski definition) is 2. The van der Waals surface area contributed by atoms with Gasteiger partial charge in [0.1, 0.15) is 11.6 Å². The number of halogens is 4. The van der Waals surface area contributed by atoms with E-state index < -0.39 is 12.2 Å². The molecule has 2 aliphatic rings. The molecule has 0 atom stereocenters. The summed E-state index contributed by atoms with van der Waals surface area (Å²) in [5.41, 5.74) is 2.03. The van der Waals surface area contributed by atoms with E-state index in [-0.39, 0.29) is 16.9 Å². The monoisotopic (exact) mass is 376 g/mol. The maximum Gasteiger partial charge on any atom is 0.573 e. The smallest absolute Gasteiger partial charge is 0.406 e. The number of ether oxygens (including phenoxy) is 1. The third kappa shape index (κ3) is 3.44. The van der Waals surface area contributed by atoms with Gasteiger partial charge in [-0.3, -0.25) is 0 Å². The van der Waals surface area contributed by atoms with Gasteiger partial charge in [-0.05, 0) is 54.7 Å². The van der Waals surface area contributed by atoms with Crippen LogP contribution in [-0.4, -0.2) is 19.5 Å². The first kappa shape index (κ1) is 17.7. The van der Waals surface area contributed by atoms with Crippen molar-refractivity contribution in [2.75, 3.05) is 18.0 Å². The Balaban J connectivity index is 1.33. The first-order valence-electron chi connectivity index (χ1n) is 8.55. The van der Waals surface area contributed by atoms with Crippen LogP contribution in [0.5, 0.6) is 5.75 Å². The van der Waals surface area contributed by atoms with Gasteiger partial charge in [-0.25, -0.2) is 9.24 Å². The highest BCUT2D eigenvalue weighted by molar-refractivity contribution is 5.53. The van der Waals surface area contributed by atoms with Crippen molar-refractivity contribution in [1.29, 1.82) is 0 Å². The van der Waals surface area contributed by atoms with Crippen LogP contribution in [0.1, 0.15) is 24.3 Å². The number of hydrogen-bond donors (Lipinski definition) is 0. The highest BCUT2D eigenvalue weighted by Gasteiger charge is 2.52. The zero-order chi connectivity index (χ0) is 19.2. The van der Waals surface area contributed by atoms with Gasteiger partial charge < -0.3 is 9.64 Å². The first-order chi connectivity index (χ1) is 12.8. The molecule has 2 fully saturated rings. The molecule has 0 bridgehead atoms. The molecule has 27 heavy (non-hydrogen) atoms. The highest BCUT2D eigenvalue weighted by Crippen LogP contribution is 2.57. The molecule has 2 aromatic carbocycles. The van der Waals surface area contributed by atoms with Gasteiger partial charge in [0.05, 0.1) is 6.57 Å². The molecule has 0 aromatic heterocycles. The Bertz CT molecular complexity index is 888. The van der Waals surface area contributed by atoms with E-state index in [2.05, 4.69) is 14.5 Å². The van der Waals surface area contributed by atoms with Crippen LogP contribution < -0.4 is 9.64 Å². The molecule has 1 saturated heterocycles. The van der Waals surface area contributed by atoms with Crippen LogP contribution in [0.3, 0.4) is 0 Å². The Kier molecular flexibility index (Phi) is 4.02. The lowest BCUT2D eigenvalue weighted by molar-refractivity contribution is -0.274. The van der Waals surface area contributed by atoms with Crippen LogP contribution in [0.2, 0.25) is 0 Å². The number of rotatable bonds is 3. The molecule has 0 radical (unpaired) electrons. The zero-order valence-corrected chi connectivity index (χ0v) is 14.3. The number of alkyl halides is 3. The number of benzene rings is 2. The van der Waals surface area contributed by atoms with Gasteiger partial charge in [-0.2, -0.15) is 0 Å². The van der Waals surface area contributed by atoms with Crippen LogP contribution in [-0.2, 0) is 0 Å². The molecule has 7 heteroatoms. The summed E-state index contributed by atoms with van der Waals surface area (Å²) in [7, 11) is 0. The quantitative estimate of drug-likeness (QED) is 0.508. The van der Waals surface area contributed by atoms with Crippen molar-refractivity contribution in [3.8, 4) is 5.75 Å². The van der Waals surface area contributed by atoms with E-state index in [1.54, 1.807) is 12.1 Å². The second-order valence-electron chi connectivity index (χ2n) is 7.33. The summed E-state index contributed by atoms with van der Waals surface area (Å²) >= 11 is 0. The topological polar surface area (TPSA) is 16.8 Å². The molecule has 4 rings (SSSR count). The van der Waals surface area contributed by atoms with Gasteiger partial charge in [0.15, 0.2) is 0 Å². The Morgan fingerprint density at radius 1 is 1.07 bits per heavy atom. The fourth-order valence-electron chi connectivity index (χ4n) is 4.15. The van der Waals surface area contributed by atoms with Crippen LogP contribution in [0, 0.1) is 17.8 Å². The minimum Gasteiger partial charge on any atom is -0.406 e. The summed E-state index contributed by atoms with van der Waals surface area (Å²) in [6.07, 6.45) is -2.78. The molecule has 1 aliphatic heterocycles. The van der Waals surface area contributed by atoms with E-state index >= 15 is 0 Å². The standard InChI is InChI=1S/C20H16F4N2O/c1-25-18-7-2-13(8-17(18)21)14-9-19(10-14)11-26(12-19)15-3-5-16(6-4-15)27-20(22,23)24/h2-8,14H,9-12H2. The normalized spacial score (nSPS) is 18.6. The summed E-state index contributed by atoms with van der Waals surface area (Å²) in [4.78, 5) is 5.26. The number of anilines is 1. The first-order valence-corrected chi connectivity index (χ1v) is 8.55. The fourth-order valence-corrected chi connectivity index (χ4v) is 4.15.